The lowest BCUT2D eigenvalue weighted by Crippen LogP contribution is -2.33. The van der Waals surface area contributed by atoms with Gasteiger partial charge in [-0.15, -0.1) is 0 Å². The molecule has 20 heavy (non-hydrogen) atoms. The van der Waals surface area contributed by atoms with Gasteiger partial charge in [-0.1, -0.05) is 27.7 Å². The molecule has 3 N–H and O–H groups in total. The van der Waals surface area contributed by atoms with Gasteiger partial charge >= 0.3 is 0 Å². The number of aliphatic hydroxyl groups is 1. The van der Waals surface area contributed by atoms with E-state index >= 15 is 0 Å². The van der Waals surface area contributed by atoms with Gasteiger partial charge in [0.2, 0.25) is 0 Å². The van der Waals surface area contributed by atoms with Crippen molar-refractivity contribution in [1.82, 2.24) is 10.3 Å². The summed E-state index contributed by atoms with van der Waals surface area (Å²) in [5.41, 5.74) is 0.368. The zero-order valence-electron chi connectivity index (χ0n) is 12.7. The molecular weight excluding hydrogens is 254 g/mol. The highest BCUT2D eigenvalue weighted by Crippen LogP contribution is 2.19. The summed E-state index contributed by atoms with van der Waals surface area (Å²) in [5, 5.41) is 15.8. The van der Waals surface area contributed by atoms with Gasteiger partial charge in [-0.05, 0) is 24.0 Å². The number of amides is 1. The summed E-state index contributed by atoms with van der Waals surface area (Å²) in [7, 11) is 0. The highest BCUT2D eigenvalue weighted by atomic mass is 16.3. The van der Waals surface area contributed by atoms with Crippen LogP contribution >= 0.6 is 0 Å². The largest absolute Gasteiger partial charge is 0.391 e. The number of carbonyl (C=O) groups is 1. The minimum absolute atomic E-state index is 0.111. The average Bonchev–Trinajstić information content (AvgIpc) is 2.41. The maximum Gasteiger partial charge on any atom is 0.252 e. The SMILES string of the molecule is CCCNC(=O)c1ccc(NCC(O)C(C)(C)C)nc1. The molecule has 1 atom stereocenters. The third kappa shape index (κ3) is 5.17. The summed E-state index contributed by atoms with van der Waals surface area (Å²) < 4.78 is 0. The molecule has 0 radical (unpaired) electrons. The second kappa shape index (κ2) is 7.24. The van der Waals surface area contributed by atoms with Gasteiger partial charge < -0.3 is 15.7 Å². The molecule has 1 heterocycles. The molecule has 0 spiro atoms. The Kier molecular flexibility index (Phi) is 5.95. The highest BCUT2D eigenvalue weighted by Gasteiger charge is 2.21. The van der Waals surface area contributed by atoms with Crippen LogP contribution in [0.4, 0.5) is 5.82 Å². The highest BCUT2D eigenvalue weighted by molar-refractivity contribution is 5.93. The molecule has 0 saturated carbocycles. The maximum absolute atomic E-state index is 11.7. The van der Waals surface area contributed by atoms with Gasteiger partial charge in [-0.2, -0.15) is 0 Å². The lowest BCUT2D eigenvalue weighted by atomic mass is 9.89. The predicted octanol–water partition coefficient (Wildman–Crippen LogP) is 2.04. The Morgan fingerprint density at radius 3 is 2.60 bits per heavy atom. The lowest BCUT2D eigenvalue weighted by Gasteiger charge is -2.26. The van der Waals surface area contributed by atoms with Crippen molar-refractivity contribution >= 4 is 11.7 Å². The normalized spacial score (nSPS) is 12.8. The van der Waals surface area contributed by atoms with Gasteiger partial charge in [0, 0.05) is 19.3 Å². The van der Waals surface area contributed by atoms with Crippen molar-refractivity contribution in [3.8, 4) is 0 Å². The minimum atomic E-state index is -0.461. The maximum atomic E-state index is 11.7. The molecule has 1 aromatic rings. The molecule has 1 amide bonds. The first-order valence-electron chi connectivity index (χ1n) is 7.00. The van der Waals surface area contributed by atoms with Crippen LogP contribution in [0.1, 0.15) is 44.5 Å². The summed E-state index contributed by atoms with van der Waals surface area (Å²) in [6, 6.07) is 3.47. The van der Waals surface area contributed by atoms with Crippen molar-refractivity contribution in [2.45, 2.75) is 40.2 Å². The van der Waals surface area contributed by atoms with E-state index in [1.165, 1.54) is 6.20 Å². The summed E-state index contributed by atoms with van der Waals surface area (Å²) in [6.45, 7) is 9.04. The summed E-state index contributed by atoms with van der Waals surface area (Å²) in [6.07, 6.45) is 1.98. The molecule has 0 bridgehead atoms. The molecule has 5 heteroatoms. The molecular formula is C15H25N3O2. The molecule has 0 aliphatic carbocycles. The first kappa shape index (κ1) is 16.4. The summed E-state index contributed by atoms with van der Waals surface area (Å²) in [4.78, 5) is 15.9. The van der Waals surface area contributed by atoms with E-state index in [0.717, 1.165) is 6.42 Å². The van der Waals surface area contributed by atoms with Gasteiger partial charge in [-0.25, -0.2) is 4.98 Å². The average molecular weight is 279 g/mol. The molecule has 0 aromatic carbocycles. The number of pyridine rings is 1. The van der Waals surface area contributed by atoms with Gasteiger partial charge in [0.05, 0.1) is 11.7 Å². The number of carbonyl (C=O) groups excluding carboxylic acids is 1. The number of nitrogens with one attached hydrogen (secondary N) is 2. The number of hydrogen-bond donors (Lipinski definition) is 3. The Morgan fingerprint density at radius 2 is 2.10 bits per heavy atom. The Labute approximate surface area is 120 Å². The van der Waals surface area contributed by atoms with E-state index in [1.54, 1.807) is 12.1 Å². The molecule has 0 saturated heterocycles. The predicted molar refractivity (Wildman–Crippen MR) is 80.8 cm³/mol. The van der Waals surface area contributed by atoms with Crippen LogP contribution in [0.3, 0.4) is 0 Å². The fourth-order valence-electron chi connectivity index (χ4n) is 1.48. The fraction of sp³-hybridized carbons (Fsp3) is 0.600. The number of hydrogen-bond acceptors (Lipinski definition) is 4. The zero-order valence-corrected chi connectivity index (χ0v) is 12.7. The molecule has 1 rings (SSSR count). The van der Waals surface area contributed by atoms with Crippen LogP contribution in [0.5, 0.6) is 0 Å². The van der Waals surface area contributed by atoms with E-state index in [4.69, 9.17) is 0 Å². The third-order valence-electron chi connectivity index (χ3n) is 3.04. The van der Waals surface area contributed by atoms with Crippen molar-refractivity contribution in [3.63, 3.8) is 0 Å². The number of aromatic nitrogens is 1. The summed E-state index contributed by atoms with van der Waals surface area (Å²) in [5.74, 6) is 0.543. The number of nitrogens with zero attached hydrogens (tertiary/aromatic N) is 1. The zero-order chi connectivity index (χ0) is 15.2. The van der Waals surface area contributed by atoms with Crippen LogP contribution in [0, 0.1) is 5.41 Å². The molecule has 1 aromatic heterocycles. The number of anilines is 1. The molecule has 0 aliphatic heterocycles. The van der Waals surface area contributed by atoms with Crippen LogP contribution in [0.15, 0.2) is 18.3 Å². The first-order chi connectivity index (χ1) is 9.34. The fourth-order valence-corrected chi connectivity index (χ4v) is 1.48. The molecule has 0 aliphatic rings. The molecule has 0 fully saturated rings. The van der Waals surface area contributed by atoms with Crippen molar-refractivity contribution in [1.29, 1.82) is 0 Å². The number of rotatable bonds is 6. The van der Waals surface area contributed by atoms with Crippen LogP contribution < -0.4 is 10.6 Å². The van der Waals surface area contributed by atoms with Crippen molar-refractivity contribution < 1.29 is 9.90 Å². The minimum Gasteiger partial charge on any atom is -0.391 e. The van der Waals surface area contributed by atoms with Crippen LogP contribution in [0.2, 0.25) is 0 Å². The van der Waals surface area contributed by atoms with E-state index in [0.29, 0.717) is 24.5 Å². The van der Waals surface area contributed by atoms with Crippen molar-refractivity contribution in [3.05, 3.63) is 23.9 Å². The number of aliphatic hydroxyl groups excluding tert-OH is 1. The standard InChI is InChI=1S/C15H25N3O2/c1-5-8-16-14(20)11-6-7-13(17-9-11)18-10-12(19)15(2,3)4/h6-7,9,12,19H,5,8,10H2,1-4H3,(H,16,20)(H,17,18). The van der Waals surface area contributed by atoms with E-state index < -0.39 is 6.10 Å². The van der Waals surface area contributed by atoms with E-state index in [1.807, 2.05) is 27.7 Å². The van der Waals surface area contributed by atoms with E-state index in [9.17, 15) is 9.90 Å². The van der Waals surface area contributed by atoms with Crippen LogP contribution in [0.25, 0.3) is 0 Å². The van der Waals surface area contributed by atoms with Gasteiger partial charge in [0.1, 0.15) is 5.82 Å². The smallest absolute Gasteiger partial charge is 0.252 e. The van der Waals surface area contributed by atoms with Crippen LogP contribution in [-0.4, -0.2) is 35.2 Å². The Morgan fingerprint density at radius 1 is 1.40 bits per heavy atom. The molecule has 112 valence electrons. The second-order valence-corrected chi connectivity index (χ2v) is 5.95. The van der Waals surface area contributed by atoms with Gasteiger partial charge in [0.25, 0.3) is 5.91 Å². The molecule has 1 unspecified atom stereocenters. The second-order valence-electron chi connectivity index (χ2n) is 5.95. The molecule has 5 nitrogen and oxygen atoms in total. The van der Waals surface area contributed by atoms with E-state index in [2.05, 4.69) is 15.6 Å². The first-order valence-corrected chi connectivity index (χ1v) is 7.00. The lowest BCUT2D eigenvalue weighted by molar-refractivity contribution is 0.0745. The Balaban J connectivity index is 2.52. The monoisotopic (exact) mass is 279 g/mol. The van der Waals surface area contributed by atoms with Crippen molar-refractivity contribution in [2.24, 2.45) is 5.41 Å². The van der Waals surface area contributed by atoms with E-state index in [-0.39, 0.29) is 11.3 Å². The Bertz CT molecular complexity index is 424. The van der Waals surface area contributed by atoms with Gasteiger partial charge in [0.15, 0.2) is 0 Å². The topological polar surface area (TPSA) is 74.2 Å². The third-order valence-corrected chi connectivity index (χ3v) is 3.04. The quantitative estimate of drug-likeness (QED) is 0.745. The van der Waals surface area contributed by atoms with Crippen molar-refractivity contribution in [2.75, 3.05) is 18.4 Å². The van der Waals surface area contributed by atoms with Crippen LogP contribution in [-0.2, 0) is 0 Å². The summed E-state index contributed by atoms with van der Waals surface area (Å²) >= 11 is 0. The van der Waals surface area contributed by atoms with Gasteiger partial charge in [-0.3, -0.25) is 4.79 Å². The Hall–Kier alpha value is -1.62.